The smallest absolute Gasteiger partial charge is 0.277 e. The maximum Gasteiger partial charge on any atom is 0.277 e. The highest BCUT2D eigenvalue weighted by molar-refractivity contribution is 6.30. The van der Waals surface area contributed by atoms with Crippen LogP contribution in [-0.2, 0) is 6.54 Å². The number of aromatic nitrogens is 2. The summed E-state index contributed by atoms with van der Waals surface area (Å²) in [5.41, 5.74) is 4.26. The molecule has 7 heteroatoms. The zero-order chi connectivity index (χ0) is 23.7. The lowest BCUT2D eigenvalue weighted by atomic mass is 10.1. The molecule has 0 spiro atoms. The van der Waals surface area contributed by atoms with E-state index in [4.69, 9.17) is 11.6 Å². The van der Waals surface area contributed by atoms with Crippen molar-refractivity contribution >= 4 is 34.2 Å². The lowest BCUT2D eigenvalue weighted by molar-refractivity contribution is 0.0747. The minimum atomic E-state index is -0.127. The Balaban J connectivity index is 1.34. The van der Waals surface area contributed by atoms with Crippen LogP contribution < -0.4 is 10.5 Å². The van der Waals surface area contributed by atoms with Gasteiger partial charge in [-0.2, -0.15) is 0 Å². The lowest BCUT2D eigenvalue weighted by Crippen LogP contribution is -2.48. The molecule has 0 bridgehead atoms. The Morgan fingerprint density at radius 3 is 2.38 bits per heavy atom. The maximum absolute atomic E-state index is 13.1. The molecular formula is C27H25ClN4O2. The number of aryl methyl sites for hydroxylation is 1. The molecule has 0 atom stereocenters. The van der Waals surface area contributed by atoms with E-state index in [9.17, 15) is 9.59 Å². The summed E-state index contributed by atoms with van der Waals surface area (Å²) in [6.45, 7) is 5.29. The van der Waals surface area contributed by atoms with Crippen LogP contribution in [0.2, 0.25) is 5.02 Å². The third-order valence-electron chi connectivity index (χ3n) is 6.31. The van der Waals surface area contributed by atoms with Crippen LogP contribution in [-0.4, -0.2) is 46.5 Å². The third-order valence-corrected chi connectivity index (χ3v) is 6.55. The summed E-state index contributed by atoms with van der Waals surface area (Å²) in [6.07, 6.45) is 0. The maximum atomic E-state index is 13.1. The van der Waals surface area contributed by atoms with E-state index in [0.717, 1.165) is 29.8 Å². The molecule has 4 aromatic rings. The van der Waals surface area contributed by atoms with Crippen molar-refractivity contribution < 1.29 is 4.79 Å². The number of fused-ring (bicyclic) bond motifs is 1. The van der Waals surface area contributed by atoms with E-state index in [0.29, 0.717) is 41.5 Å². The zero-order valence-corrected chi connectivity index (χ0v) is 19.7. The van der Waals surface area contributed by atoms with E-state index in [1.54, 1.807) is 16.7 Å². The highest BCUT2D eigenvalue weighted by Crippen LogP contribution is 2.22. The van der Waals surface area contributed by atoms with Gasteiger partial charge in [-0.05, 0) is 49.4 Å². The summed E-state index contributed by atoms with van der Waals surface area (Å²) in [5.74, 6) is -0.00488. The number of rotatable bonds is 4. The standard InChI is InChI=1S/C27H25ClN4O2/c1-2-32-24-9-4-3-8-23(24)29-25(27(32)34)19-10-12-20(13-11-19)26(33)31-16-14-30(15-17-31)22-7-5-6-21(28)18-22/h3-13,18H,2,14-17H2,1H3. The SMILES string of the molecule is CCn1c(=O)c(-c2ccc(C(=O)N3CCN(c4cccc(Cl)c4)CC3)cc2)nc2ccccc21. The molecule has 1 aliphatic heterocycles. The second kappa shape index (κ2) is 9.31. The molecule has 2 heterocycles. The summed E-state index contributed by atoms with van der Waals surface area (Å²) in [6, 6.07) is 22.6. The molecule has 1 saturated heterocycles. The van der Waals surface area contributed by atoms with Gasteiger partial charge in [0.15, 0.2) is 0 Å². The molecule has 172 valence electrons. The van der Waals surface area contributed by atoms with E-state index >= 15 is 0 Å². The first-order valence-electron chi connectivity index (χ1n) is 11.4. The Hall–Kier alpha value is -3.64. The van der Waals surface area contributed by atoms with Gasteiger partial charge in [0.2, 0.25) is 0 Å². The molecule has 1 fully saturated rings. The van der Waals surface area contributed by atoms with Crippen LogP contribution in [0.3, 0.4) is 0 Å². The van der Waals surface area contributed by atoms with Crippen LogP contribution in [0.15, 0.2) is 77.6 Å². The van der Waals surface area contributed by atoms with E-state index in [-0.39, 0.29) is 11.5 Å². The molecule has 0 N–H and O–H groups in total. The van der Waals surface area contributed by atoms with Crippen LogP contribution in [0.1, 0.15) is 17.3 Å². The van der Waals surface area contributed by atoms with Crippen LogP contribution in [0.4, 0.5) is 5.69 Å². The van der Waals surface area contributed by atoms with E-state index in [1.165, 1.54) is 0 Å². The van der Waals surface area contributed by atoms with Gasteiger partial charge in [0.25, 0.3) is 11.5 Å². The molecule has 6 nitrogen and oxygen atoms in total. The number of hydrogen-bond acceptors (Lipinski definition) is 4. The van der Waals surface area contributed by atoms with E-state index < -0.39 is 0 Å². The topological polar surface area (TPSA) is 58.4 Å². The normalized spacial score (nSPS) is 13.9. The van der Waals surface area contributed by atoms with E-state index in [1.807, 2.05) is 72.5 Å². The Kier molecular flexibility index (Phi) is 6.07. The molecule has 3 aromatic carbocycles. The fourth-order valence-electron chi connectivity index (χ4n) is 4.49. The molecular weight excluding hydrogens is 448 g/mol. The van der Waals surface area contributed by atoms with Crippen LogP contribution in [0.5, 0.6) is 0 Å². The molecule has 1 amide bonds. The predicted molar refractivity (Wildman–Crippen MR) is 137 cm³/mol. The van der Waals surface area contributed by atoms with Gasteiger partial charge < -0.3 is 14.4 Å². The molecule has 1 aliphatic rings. The largest absolute Gasteiger partial charge is 0.368 e. The van der Waals surface area contributed by atoms with Gasteiger partial charge in [-0.1, -0.05) is 41.9 Å². The Morgan fingerprint density at radius 2 is 1.68 bits per heavy atom. The summed E-state index contributed by atoms with van der Waals surface area (Å²) in [7, 11) is 0. The number of amides is 1. The van der Waals surface area contributed by atoms with Gasteiger partial charge in [0.1, 0.15) is 5.69 Å². The Bertz CT molecular complexity index is 1410. The van der Waals surface area contributed by atoms with Gasteiger partial charge in [-0.3, -0.25) is 9.59 Å². The lowest BCUT2D eigenvalue weighted by Gasteiger charge is -2.36. The summed E-state index contributed by atoms with van der Waals surface area (Å²) < 4.78 is 1.73. The monoisotopic (exact) mass is 472 g/mol. The number of para-hydroxylation sites is 2. The fraction of sp³-hybridized carbons (Fsp3) is 0.222. The van der Waals surface area contributed by atoms with Gasteiger partial charge in [-0.15, -0.1) is 0 Å². The average Bonchev–Trinajstić information content (AvgIpc) is 2.88. The highest BCUT2D eigenvalue weighted by Gasteiger charge is 2.23. The van der Waals surface area contributed by atoms with Gasteiger partial charge in [-0.25, -0.2) is 4.98 Å². The van der Waals surface area contributed by atoms with Crippen molar-refractivity contribution in [3.05, 3.63) is 93.7 Å². The van der Waals surface area contributed by atoms with Crippen molar-refractivity contribution in [1.82, 2.24) is 14.5 Å². The van der Waals surface area contributed by atoms with Crippen molar-refractivity contribution in [2.75, 3.05) is 31.1 Å². The number of carbonyl (C=O) groups excluding carboxylic acids is 1. The summed E-state index contributed by atoms with van der Waals surface area (Å²) >= 11 is 6.12. The summed E-state index contributed by atoms with van der Waals surface area (Å²) in [4.78, 5) is 34.9. The number of benzene rings is 3. The Morgan fingerprint density at radius 1 is 0.941 bits per heavy atom. The fourth-order valence-corrected chi connectivity index (χ4v) is 4.67. The van der Waals surface area contributed by atoms with Crippen molar-refractivity contribution in [2.24, 2.45) is 0 Å². The second-order valence-electron chi connectivity index (χ2n) is 8.34. The van der Waals surface area contributed by atoms with Crippen molar-refractivity contribution in [3.63, 3.8) is 0 Å². The van der Waals surface area contributed by atoms with Crippen molar-refractivity contribution in [2.45, 2.75) is 13.5 Å². The first kappa shape index (κ1) is 22.2. The number of hydrogen-bond donors (Lipinski definition) is 0. The number of anilines is 1. The summed E-state index contributed by atoms with van der Waals surface area (Å²) in [5, 5.41) is 0.711. The Labute approximate surface area is 203 Å². The molecule has 0 saturated carbocycles. The van der Waals surface area contributed by atoms with Crippen LogP contribution in [0, 0.1) is 0 Å². The molecule has 1 aromatic heterocycles. The molecule has 0 aliphatic carbocycles. The number of piperazine rings is 1. The molecule has 0 unspecified atom stereocenters. The minimum Gasteiger partial charge on any atom is -0.368 e. The van der Waals surface area contributed by atoms with Gasteiger partial charge in [0.05, 0.1) is 11.0 Å². The number of halogens is 1. The third kappa shape index (κ3) is 4.17. The highest BCUT2D eigenvalue weighted by atomic mass is 35.5. The number of carbonyl (C=O) groups is 1. The van der Waals surface area contributed by atoms with Gasteiger partial charge >= 0.3 is 0 Å². The first-order valence-corrected chi connectivity index (χ1v) is 11.8. The molecule has 34 heavy (non-hydrogen) atoms. The predicted octanol–water partition coefficient (Wildman–Crippen LogP) is 4.70. The van der Waals surface area contributed by atoms with Gasteiger partial charge in [0, 0.05) is 54.6 Å². The first-order chi connectivity index (χ1) is 16.5. The zero-order valence-electron chi connectivity index (χ0n) is 18.9. The van der Waals surface area contributed by atoms with Crippen LogP contribution in [0.25, 0.3) is 22.3 Å². The number of nitrogens with zero attached hydrogens (tertiary/aromatic N) is 4. The average molecular weight is 473 g/mol. The quantitative estimate of drug-likeness (QED) is 0.432. The molecule has 5 rings (SSSR count). The second-order valence-corrected chi connectivity index (χ2v) is 8.77. The molecule has 0 radical (unpaired) electrons. The van der Waals surface area contributed by atoms with Crippen LogP contribution >= 0.6 is 11.6 Å². The minimum absolute atomic E-state index is 0.00488. The van der Waals surface area contributed by atoms with E-state index in [2.05, 4.69) is 9.88 Å². The van der Waals surface area contributed by atoms with Crippen molar-refractivity contribution in [1.29, 1.82) is 0 Å². The van der Waals surface area contributed by atoms with Crippen molar-refractivity contribution in [3.8, 4) is 11.3 Å².